The number of nitrogen functional groups attached to an aromatic ring is 1. The number of aromatic nitrogens is 2. The highest BCUT2D eigenvalue weighted by Gasteiger charge is 2.31. The number of rotatable bonds is 0. The predicted molar refractivity (Wildman–Crippen MR) is 83.7 cm³/mol. The number of hydrogen-bond donors (Lipinski definition) is 1. The maximum absolute atomic E-state index is 12.4. The second-order valence-electron chi connectivity index (χ2n) is 6.82. The second-order valence-corrected chi connectivity index (χ2v) is 7.91. The molecule has 5 heteroatoms. The minimum Gasteiger partial charge on any atom is -0.335 e. The van der Waals surface area contributed by atoms with Gasteiger partial charge in [0.1, 0.15) is 10.7 Å². The molecule has 2 heterocycles. The number of hydrogen-bond acceptors (Lipinski definition) is 4. The van der Waals surface area contributed by atoms with Crippen LogP contribution in [0.5, 0.6) is 0 Å². The second kappa shape index (κ2) is 4.32. The molecule has 3 rings (SSSR count). The molecule has 0 bridgehead atoms. The zero-order chi connectivity index (χ0) is 14.7. The van der Waals surface area contributed by atoms with Gasteiger partial charge in [-0.1, -0.05) is 20.8 Å². The van der Waals surface area contributed by atoms with Crippen LogP contribution < -0.4 is 11.4 Å². The molecule has 0 saturated carbocycles. The van der Waals surface area contributed by atoms with Crippen molar-refractivity contribution in [1.29, 1.82) is 0 Å². The van der Waals surface area contributed by atoms with Crippen LogP contribution in [-0.2, 0) is 12.8 Å². The van der Waals surface area contributed by atoms with Crippen LogP contribution in [0.3, 0.4) is 0 Å². The highest BCUT2D eigenvalue weighted by Crippen LogP contribution is 2.41. The molecule has 2 aromatic heterocycles. The van der Waals surface area contributed by atoms with Gasteiger partial charge in [0.2, 0.25) is 0 Å². The molecule has 2 N–H and O–H groups in total. The lowest BCUT2D eigenvalue weighted by Crippen LogP contribution is -2.31. The van der Waals surface area contributed by atoms with Crippen molar-refractivity contribution in [2.24, 2.45) is 11.3 Å². The molecule has 0 fully saturated rings. The number of thiophene rings is 1. The summed E-state index contributed by atoms with van der Waals surface area (Å²) in [5.74, 6) is 7.03. The Hall–Kier alpha value is -1.36. The minimum absolute atomic E-state index is 0.0980. The summed E-state index contributed by atoms with van der Waals surface area (Å²) in [5.41, 5.74) is 1.41. The molecule has 0 saturated heterocycles. The van der Waals surface area contributed by atoms with Crippen molar-refractivity contribution >= 4 is 21.6 Å². The van der Waals surface area contributed by atoms with Crippen molar-refractivity contribution in [1.82, 2.24) is 9.66 Å². The fraction of sp³-hybridized carbons (Fsp3) is 0.600. The number of aryl methyl sites for hydroxylation is 2. The van der Waals surface area contributed by atoms with Gasteiger partial charge in [0.05, 0.1) is 5.39 Å². The molecule has 1 aliphatic carbocycles. The molecule has 1 atom stereocenters. The van der Waals surface area contributed by atoms with Crippen LogP contribution in [0.15, 0.2) is 4.79 Å². The molecule has 0 aromatic carbocycles. The maximum Gasteiger partial charge on any atom is 0.280 e. The number of nitrogens with two attached hydrogens (primary N) is 1. The van der Waals surface area contributed by atoms with E-state index in [0.29, 0.717) is 17.2 Å². The van der Waals surface area contributed by atoms with Gasteiger partial charge < -0.3 is 5.84 Å². The fourth-order valence-corrected chi connectivity index (χ4v) is 4.41. The molecular formula is C15H21N3OS. The van der Waals surface area contributed by atoms with Gasteiger partial charge in [0, 0.05) is 4.88 Å². The standard InChI is InChI=1S/C15H21N3OS/c1-8-17-13-12(14(19)18(8)16)10-6-5-9(15(2,3)4)7-11(10)20-13/h9H,5-7,16H2,1-4H3. The maximum atomic E-state index is 12.4. The van der Waals surface area contributed by atoms with E-state index in [4.69, 9.17) is 5.84 Å². The van der Waals surface area contributed by atoms with E-state index < -0.39 is 0 Å². The third-order valence-corrected chi connectivity index (χ3v) is 5.66. The molecule has 0 aliphatic heterocycles. The Morgan fingerprint density at radius 3 is 2.75 bits per heavy atom. The van der Waals surface area contributed by atoms with Gasteiger partial charge in [-0.25, -0.2) is 9.66 Å². The van der Waals surface area contributed by atoms with Crippen molar-refractivity contribution in [2.45, 2.75) is 47.0 Å². The number of fused-ring (bicyclic) bond motifs is 3. The Morgan fingerprint density at radius 1 is 1.40 bits per heavy atom. The lowest BCUT2D eigenvalue weighted by atomic mass is 9.72. The Kier molecular flexibility index (Phi) is 2.94. The van der Waals surface area contributed by atoms with Crippen LogP contribution in [0, 0.1) is 18.3 Å². The van der Waals surface area contributed by atoms with Crippen LogP contribution >= 0.6 is 11.3 Å². The first-order valence-electron chi connectivity index (χ1n) is 7.08. The highest BCUT2D eigenvalue weighted by molar-refractivity contribution is 7.18. The Balaban J connectivity index is 2.17. The Morgan fingerprint density at radius 2 is 2.10 bits per heavy atom. The van der Waals surface area contributed by atoms with E-state index in [9.17, 15) is 4.79 Å². The average Bonchev–Trinajstić information content (AvgIpc) is 2.71. The van der Waals surface area contributed by atoms with Crippen molar-refractivity contribution in [3.05, 3.63) is 26.6 Å². The smallest absolute Gasteiger partial charge is 0.280 e. The summed E-state index contributed by atoms with van der Waals surface area (Å²) >= 11 is 1.68. The fourth-order valence-electron chi connectivity index (χ4n) is 3.08. The van der Waals surface area contributed by atoms with Gasteiger partial charge in [-0.15, -0.1) is 11.3 Å². The molecule has 0 amide bonds. The van der Waals surface area contributed by atoms with Crippen LogP contribution in [0.4, 0.5) is 0 Å². The minimum atomic E-state index is -0.0980. The monoisotopic (exact) mass is 291 g/mol. The molecule has 4 nitrogen and oxygen atoms in total. The first kappa shape index (κ1) is 13.6. The summed E-state index contributed by atoms with van der Waals surface area (Å²) in [7, 11) is 0. The lowest BCUT2D eigenvalue weighted by Gasteiger charge is -2.33. The zero-order valence-electron chi connectivity index (χ0n) is 12.5. The van der Waals surface area contributed by atoms with Gasteiger partial charge in [-0.2, -0.15) is 0 Å². The summed E-state index contributed by atoms with van der Waals surface area (Å²) in [5, 5.41) is 0.755. The van der Waals surface area contributed by atoms with Crippen molar-refractivity contribution in [3.63, 3.8) is 0 Å². The molecule has 2 aromatic rings. The zero-order valence-corrected chi connectivity index (χ0v) is 13.3. The lowest BCUT2D eigenvalue weighted by molar-refractivity contribution is 0.218. The van der Waals surface area contributed by atoms with E-state index >= 15 is 0 Å². The average molecular weight is 291 g/mol. The van der Waals surface area contributed by atoms with Crippen LogP contribution in [0.1, 0.15) is 43.5 Å². The molecule has 108 valence electrons. The molecule has 1 unspecified atom stereocenters. The van der Waals surface area contributed by atoms with Crippen LogP contribution in [0.2, 0.25) is 0 Å². The molecule has 20 heavy (non-hydrogen) atoms. The van der Waals surface area contributed by atoms with Crippen LogP contribution in [-0.4, -0.2) is 9.66 Å². The van der Waals surface area contributed by atoms with Crippen molar-refractivity contribution < 1.29 is 0 Å². The first-order valence-corrected chi connectivity index (χ1v) is 7.89. The van der Waals surface area contributed by atoms with Gasteiger partial charge in [0.25, 0.3) is 5.56 Å². The first-order chi connectivity index (χ1) is 9.29. The Bertz CT molecular complexity index is 736. The summed E-state index contributed by atoms with van der Waals surface area (Å²) in [4.78, 5) is 19.0. The van der Waals surface area contributed by atoms with Gasteiger partial charge >= 0.3 is 0 Å². The van der Waals surface area contributed by atoms with Crippen molar-refractivity contribution in [2.75, 3.05) is 5.84 Å². The van der Waals surface area contributed by atoms with E-state index in [0.717, 1.165) is 29.5 Å². The van der Waals surface area contributed by atoms with Gasteiger partial charge in [0.15, 0.2) is 0 Å². The highest BCUT2D eigenvalue weighted by atomic mass is 32.1. The quantitative estimate of drug-likeness (QED) is 0.759. The summed E-state index contributed by atoms with van der Waals surface area (Å²) in [6.07, 6.45) is 3.17. The van der Waals surface area contributed by atoms with E-state index in [1.54, 1.807) is 18.3 Å². The number of nitrogens with zero attached hydrogens (tertiary/aromatic N) is 2. The molecule has 1 aliphatic rings. The largest absolute Gasteiger partial charge is 0.335 e. The topological polar surface area (TPSA) is 60.9 Å². The summed E-state index contributed by atoms with van der Waals surface area (Å²) in [6, 6.07) is 0. The summed E-state index contributed by atoms with van der Waals surface area (Å²) < 4.78 is 1.17. The van der Waals surface area contributed by atoms with Crippen molar-refractivity contribution in [3.8, 4) is 0 Å². The van der Waals surface area contributed by atoms with E-state index in [2.05, 4.69) is 25.8 Å². The van der Waals surface area contributed by atoms with Crippen LogP contribution in [0.25, 0.3) is 10.2 Å². The molecular weight excluding hydrogens is 270 g/mol. The third-order valence-electron chi connectivity index (χ3n) is 4.52. The van der Waals surface area contributed by atoms with E-state index in [1.807, 2.05) is 0 Å². The third kappa shape index (κ3) is 1.95. The molecule has 0 spiro atoms. The summed E-state index contributed by atoms with van der Waals surface area (Å²) in [6.45, 7) is 8.67. The van der Waals surface area contributed by atoms with E-state index in [-0.39, 0.29) is 5.56 Å². The normalized spacial score (nSPS) is 19.3. The van der Waals surface area contributed by atoms with Gasteiger partial charge in [-0.3, -0.25) is 4.79 Å². The SMILES string of the molecule is Cc1nc2sc3c(c2c(=O)n1N)CCC(C(C)(C)C)C3. The van der Waals surface area contributed by atoms with E-state index in [1.165, 1.54) is 15.1 Å². The predicted octanol–water partition coefficient (Wildman–Crippen LogP) is 2.63. The Labute approximate surface area is 122 Å². The molecule has 0 radical (unpaired) electrons. The van der Waals surface area contributed by atoms with Gasteiger partial charge in [-0.05, 0) is 43.1 Å².